The zero-order chi connectivity index (χ0) is 21.8. The first-order valence-corrected chi connectivity index (χ1v) is 10.9. The second kappa shape index (κ2) is 9.62. The molecule has 29 heavy (non-hydrogen) atoms. The number of benzene rings is 1. The van der Waals surface area contributed by atoms with Gasteiger partial charge in [0, 0.05) is 25.8 Å². The van der Waals surface area contributed by atoms with E-state index in [4.69, 9.17) is 23.2 Å². The van der Waals surface area contributed by atoms with E-state index in [0.29, 0.717) is 25.5 Å². The smallest absolute Gasteiger partial charge is 0.337 e. The highest BCUT2D eigenvalue weighted by molar-refractivity contribution is 7.92. The second-order valence-corrected chi connectivity index (χ2v) is 8.96. The Labute approximate surface area is 180 Å². The number of nitrogens with zero attached hydrogens (tertiary/aromatic N) is 3. The van der Waals surface area contributed by atoms with E-state index >= 15 is 0 Å². The molecule has 0 spiro atoms. The summed E-state index contributed by atoms with van der Waals surface area (Å²) in [5.41, 5.74) is -0.0687. The van der Waals surface area contributed by atoms with Gasteiger partial charge in [-0.05, 0) is 45.3 Å². The van der Waals surface area contributed by atoms with Gasteiger partial charge in [-0.25, -0.2) is 18.2 Å². The largest absolute Gasteiger partial charge is 0.478 e. The Bertz CT molecular complexity index is 999. The van der Waals surface area contributed by atoms with E-state index in [0.717, 1.165) is 0 Å². The molecule has 0 fully saturated rings. The van der Waals surface area contributed by atoms with Crippen molar-refractivity contribution >= 4 is 50.7 Å². The van der Waals surface area contributed by atoms with Crippen LogP contribution in [0.4, 0.5) is 11.5 Å². The summed E-state index contributed by atoms with van der Waals surface area (Å²) in [5.74, 6) is -0.877. The van der Waals surface area contributed by atoms with E-state index in [1.54, 1.807) is 0 Å². The van der Waals surface area contributed by atoms with Crippen LogP contribution in [0.15, 0.2) is 35.4 Å². The fourth-order valence-electron chi connectivity index (χ4n) is 2.48. The summed E-state index contributed by atoms with van der Waals surface area (Å²) in [6.07, 6.45) is 1.20. The predicted molar refractivity (Wildman–Crippen MR) is 115 cm³/mol. The van der Waals surface area contributed by atoms with Crippen LogP contribution in [0.25, 0.3) is 0 Å². The lowest BCUT2D eigenvalue weighted by molar-refractivity contribution is 0.0696. The van der Waals surface area contributed by atoms with Gasteiger partial charge in [-0.15, -0.1) is 0 Å². The Hall–Kier alpha value is -2.07. The molecule has 1 aromatic carbocycles. The number of hydrogen-bond acceptors (Lipinski definition) is 6. The summed E-state index contributed by atoms with van der Waals surface area (Å²) in [5, 5.41) is 9.60. The van der Waals surface area contributed by atoms with Crippen LogP contribution in [0.3, 0.4) is 0 Å². The van der Waals surface area contributed by atoms with Crippen LogP contribution in [0.2, 0.25) is 10.0 Å². The fraction of sp³-hybridized carbons (Fsp3) is 0.333. The van der Waals surface area contributed by atoms with Gasteiger partial charge in [0.2, 0.25) is 0 Å². The number of likely N-dealkylation sites (N-methyl/N-ethyl adjacent to an activating group) is 2. The molecule has 158 valence electrons. The van der Waals surface area contributed by atoms with E-state index in [-0.39, 0.29) is 26.2 Å². The van der Waals surface area contributed by atoms with Crippen molar-refractivity contribution in [1.82, 2.24) is 9.88 Å². The zero-order valence-electron chi connectivity index (χ0n) is 16.2. The van der Waals surface area contributed by atoms with Gasteiger partial charge < -0.3 is 14.9 Å². The molecule has 1 aromatic heterocycles. The Morgan fingerprint density at radius 2 is 1.86 bits per heavy atom. The predicted octanol–water partition coefficient (Wildman–Crippen LogP) is 3.28. The summed E-state index contributed by atoms with van der Waals surface area (Å²) in [6, 6.07) is 5.16. The molecule has 0 aliphatic carbocycles. The van der Waals surface area contributed by atoms with E-state index in [1.807, 2.05) is 30.8 Å². The minimum absolute atomic E-state index is 0.0663. The molecule has 0 unspecified atom stereocenters. The van der Waals surface area contributed by atoms with E-state index < -0.39 is 16.0 Å². The van der Waals surface area contributed by atoms with Gasteiger partial charge in [-0.3, -0.25) is 4.72 Å². The first-order chi connectivity index (χ1) is 13.5. The highest BCUT2D eigenvalue weighted by Gasteiger charge is 2.21. The molecule has 0 amide bonds. The number of aromatic carboxylic acids is 1. The van der Waals surface area contributed by atoms with Crippen LogP contribution < -0.4 is 9.62 Å². The van der Waals surface area contributed by atoms with Crippen molar-refractivity contribution in [3.05, 3.63) is 46.1 Å². The third-order valence-corrected chi connectivity index (χ3v) is 6.16. The van der Waals surface area contributed by atoms with Crippen molar-refractivity contribution in [3.8, 4) is 0 Å². The number of carboxylic acids is 1. The highest BCUT2D eigenvalue weighted by Crippen LogP contribution is 2.29. The molecule has 0 aliphatic heterocycles. The summed E-state index contributed by atoms with van der Waals surface area (Å²) < 4.78 is 28.2. The number of aromatic nitrogens is 1. The molecular formula is C18H22Cl2N4O4S. The van der Waals surface area contributed by atoms with Gasteiger partial charge in [0.1, 0.15) is 0 Å². The SMILES string of the molecule is CCN(CCN(C)C)c1ncc(C(=O)O)cc1NS(=O)(=O)c1ccc(Cl)c(Cl)c1. The van der Waals surface area contributed by atoms with Crippen LogP contribution in [0.5, 0.6) is 0 Å². The maximum atomic E-state index is 12.9. The van der Waals surface area contributed by atoms with Crippen molar-refractivity contribution in [1.29, 1.82) is 0 Å². The van der Waals surface area contributed by atoms with Crippen LogP contribution in [-0.4, -0.2) is 63.1 Å². The molecule has 0 saturated carbocycles. The third-order valence-electron chi connectivity index (χ3n) is 4.06. The van der Waals surface area contributed by atoms with E-state index in [1.165, 1.54) is 30.5 Å². The summed E-state index contributed by atoms with van der Waals surface area (Å²) in [6.45, 7) is 3.73. The van der Waals surface area contributed by atoms with Gasteiger partial charge in [0.05, 0.1) is 26.2 Å². The normalized spacial score (nSPS) is 11.5. The maximum absolute atomic E-state index is 12.9. The summed E-state index contributed by atoms with van der Waals surface area (Å²) in [7, 11) is -0.215. The third kappa shape index (κ3) is 5.96. The summed E-state index contributed by atoms with van der Waals surface area (Å²) in [4.78, 5) is 19.3. The fourth-order valence-corrected chi connectivity index (χ4v) is 3.92. The number of halogens is 2. The Morgan fingerprint density at radius 1 is 1.17 bits per heavy atom. The number of nitrogens with one attached hydrogen (secondary N) is 1. The second-order valence-electron chi connectivity index (χ2n) is 6.46. The first kappa shape index (κ1) is 23.2. The number of rotatable bonds is 9. The topological polar surface area (TPSA) is 103 Å². The minimum Gasteiger partial charge on any atom is -0.478 e. The lowest BCUT2D eigenvalue weighted by Gasteiger charge is -2.26. The summed E-state index contributed by atoms with van der Waals surface area (Å²) >= 11 is 11.8. The van der Waals surface area contributed by atoms with Crippen LogP contribution in [0.1, 0.15) is 17.3 Å². The van der Waals surface area contributed by atoms with Crippen molar-refractivity contribution in [2.24, 2.45) is 0 Å². The van der Waals surface area contributed by atoms with Crippen LogP contribution in [-0.2, 0) is 10.0 Å². The number of anilines is 2. The van der Waals surface area contributed by atoms with Crippen LogP contribution >= 0.6 is 23.2 Å². The first-order valence-electron chi connectivity index (χ1n) is 8.66. The molecule has 0 atom stereocenters. The molecule has 0 saturated heterocycles. The lowest BCUT2D eigenvalue weighted by Crippen LogP contribution is -2.33. The molecule has 11 heteroatoms. The van der Waals surface area contributed by atoms with Gasteiger partial charge in [0.25, 0.3) is 10.0 Å². The average Bonchev–Trinajstić information content (AvgIpc) is 2.64. The Balaban J connectivity index is 2.48. The van der Waals surface area contributed by atoms with Gasteiger partial charge in [0.15, 0.2) is 5.82 Å². The monoisotopic (exact) mass is 460 g/mol. The Kier molecular flexibility index (Phi) is 7.70. The molecule has 2 N–H and O–H groups in total. The van der Waals surface area contributed by atoms with Crippen molar-refractivity contribution in [2.45, 2.75) is 11.8 Å². The van der Waals surface area contributed by atoms with Crippen molar-refractivity contribution in [2.75, 3.05) is 43.4 Å². The molecule has 0 aliphatic rings. The number of pyridine rings is 1. The molecule has 0 bridgehead atoms. The standard InChI is InChI=1S/C18H22Cl2N4O4S/c1-4-24(8-7-23(2)3)17-16(9-12(11-21-17)18(25)26)22-29(27,28)13-5-6-14(19)15(20)10-13/h5-6,9-11,22H,4,7-8H2,1-3H3,(H,25,26). The molecule has 2 aromatic rings. The quantitative estimate of drug-likeness (QED) is 0.591. The number of hydrogen-bond donors (Lipinski definition) is 2. The van der Waals surface area contributed by atoms with E-state index in [2.05, 4.69) is 9.71 Å². The number of sulfonamides is 1. The van der Waals surface area contributed by atoms with Crippen molar-refractivity contribution in [3.63, 3.8) is 0 Å². The molecular weight excluding hydrogens is 439 g/mol. The average molecular weight is 461 g/mol. The molecule has 1 heterocycles. The number of carboxylic acid groups (broad SMARTS) is 1. The van der Waals surface area contributed by atoms with Gasteiger partial charge in [-0.1, -0.05) is 23.2 Å². The van der Waals surface area contributed by atoms with E-state index in [9.17, 15) is 18.3 Å². The van der Waals surface area contributed by atoms with Crippen molar-refractivity contribution < 1.29 is 18.3 Å². The highest BCUT2D eigenvalue weighted by atomic mass is 35.5. The molecule has 2 rings (SSSR count). The molecule has 0 radical (unpaired) electrons. The molecule has 8 nitrogen and oxygen atoms in total. The van der Waals surface area contributed by atoms with Crippen LogP contribution in [0, 0.1) is 0 Å². The lowest BCUT2D eigenvalue weighted by atomic mass is 10.2. The van der Waals surface area contributed by atoms with Gasteiger partial charge in [-0.2, -0.15) is 0 Å². The zero-order valence-corrected chi connectivity index (χ0v) is 18.5. The number of carbonyl (C=O) groups is 1. The maximum Gasteiger partial charge on any atom is 0.337 e. The Morgan fingerprint density at radius 3 is 2.41 bits per heavy atom. The minimum atomic E-state index is -4.05. The van der Waals surface area contributed by atoms with Gasteiger partial charge >= 0.3 is 5.97 Å².